The van der Waals surface area contributed by atoms with E-state index in [9.17, 15) is 0 Å². The zero-order chi connectivity index (χ0) is 10.6. The highest BCUT2D eigenvalue weighted by atomic mass is 16.5. The summed E-state index contributed by atoms with van der Waals surface area (Å²) in [7, 11) is 3.37. The third-order valence-corrected chi connectivity index (χ3v) is 1.88. The Morgan fingerprint density at radius 1 is 1.00 bits per heavy atom. The van der Waals surface area contributed by atoms with Crippen LogP contribution in [0.3, 0.4) is 0 Å². The fraction of sp³-hybridized carbons (Fsp3) is 1.00. The first-order valence-corrected chi connectivity index (χ1v) is 5.12. The van der Waals surface area contributed by atoms with Gasteiger partial charge in [-0.3, -0.25) is 0 Å². The summed E-state index contributed by atoms with van der Waals surface area (Å²) in [6, 6.07) is 0.141. The van der Waals surface area contributed by atoms with Crippen molar-refractivity contribution in [2.24, 2.45) is 5.73 Å². The average Bonchev–Trinajstić information content (AvgIpc) is 2.17. The summed E-state index contributed by atoms with van der Waals surface area (Å²) in [6.45, 7) is 2.95. The summed E-state index contributed by atoms with van der Waals surface area (Å²) in [5.41, 5.74) is 5.75. The van der Waals surface area contributed by atoms with Crippen LogP contribution in [0.1, 0.15) is 19.3 Å². The second-order valence-electron chi connectivity index (χ2n) is 3.32. The fourth-order valence-corrected chi connectivity index (χ4v) is 1.15. The molecule has 0 amide bonds. The number of ether oxygens (including phenoxy) is 3. The van der Waals surface area contributed by atoms with Crippen molar-refractivity contribution in [2.45, 2.75) is 25.3 Å². The Kier molecular flexibility index (Phi) is 10.8. The third-order valence-electron chi connectivity index (χ3n) is 1.88. The molecule has 0 aliphatic heterocycles. The molecule has 0 rings (SSSR count). The van der Waals surface area contributed by atoms with Gasteiger partial charge in [-0.05, 0) is 19.3 Å². The minimum Gasteiger partial charge on any atom is -0.385 e. The number of methoxy groups -OCH3 is 2. The summed E-state index contributed by atoms with van der Waals surface area (Å²) in [6.07, 6.45) is 2.91. The average molecular weight is 205 g/mol. The molecule has 0 spiro atoms. The van der Waals surface area contributed by atoms with Gasteiger partial charge in [-0.2, -0.15) is 0 Å². The zero-order valence-corrected chi connectivity index (χ0v) is 9.33. The first-order valence-electron chi connectivity index (χ1n) is 5.12. The van der Waals surface area contributed by atoms with Gasteiger partial charge in [-0.25, -0.2) is 0 Å². The molecule has 0 radical (unpaired) electrons. The SMILES string of the molecule is COCCCOCCCC(N)COC. The van der Waals surface area contributed by atoms with E-state index in [1.807, 2.05) is 0 Å². The third kappa shape index (κ3) is 9.92. The molecule has 0 aromatic carbocycles. The van der Waals surface area contributed by atoms with Gasteiger partial charge >= 0.3 is 0 Å². The summed E-state index contributed by atoms with van der Waals surface area (Å²) >= 11 is 0. The molecule has 0 saturated heterocycles. The summed E-state index contributed by atoms with van der Waals surface area (Å²) in [5.74, 6) is 0. The molecule has 1 atom stereocenters. The fourth-order valence-electron chi connectivity index (χ4n) is 1.15. The highest BCUT2D eigenvalue weighted by molar-refractivity contribution is 4.58. The molecular formula is C10H23NO3. The van der Waals surface area contributed by atoms with E-state index >= 15 is 0 Å². The van der Waals surface area contributed by atoms with Crippen molar-refractivity contribution in [3.63, 3.8) is 0 Å². The van der Waals surface area contributed by atoms with Gasteiger partial charge in [0.05, 0.1) is 6.61 Å². The molecule has 0 aromatic heterocycles. The van der Waals surface area contributed by atoms with E-state index in [0.717, 1.165) is 39.1 Å². The van der Waals surface area contributed by atoms with Crippen molar-refractivity contribution in [3.8, 4) is 0 Å². The van der Waals surface area contributed by atoms with E-state index in [-0.39, 0.29) is 6.04 Å². The standard InChI is InChI=1S/C10H23NO3/c1-12-6-4-8-14-7-3-5-10(11)9-13-2/h10H,3-9,11H2,1-2H3. The largest absolute Gasteiger partial charge is 0.385 e. The van der Waals surface area contributed by atoms with Crippen LogP contribution in [0.25, 0.3) is 0 Å². The maximum absolute atomic E-state index is 5.75. The maximum atomic E-state index is 5.75. The van der Waals surface area contributed by atoms with Gasteiger partial charge in [0.15, 0.2) is 0 Å². The van der Waals surface area contributed by atoms with Crippen LogP contribution >= 0.6 is 0 Å². The van der Waals surface area contributed by atoms with Gasteiger partial charge in [-0.1, -0.05) is 0 Å². The maximum Gasteiger partial charge on any atom is 0.0613 e. The van der Waals surface area contributed by atoms with E-state index < -0.39 is 0 Å². The van der Waals surface area contributed by atoms with Crippen LogP contribution in [0.15, 0.2) is 0 Å². The highest BCUT2D eigenvalue weighted by Gasteiger charge is 2.00. The Labute approximate surface area is 86.7 Å². The van der Waals surface area contributed by atoms with Crippen LogP contribution in [0.5, 0.6) is 0 Å². The predicted molar refractivity (Wildman–Crippen MR) is 56.4 cm³/mol. The number of rotatable bonds is 10. The van der Waals surface area contributed by atoms with Crippen molar-refractivity contribution in [1.82, 2.24) is 0 Å². The van der Waals surface area contributed by atoms with Crippen LogP contribution in [0.4, 0.5) is 0 Å². The molecule has 0 saturated carbocycles. The van der Waals surface area contributed by atoms with Crippen LogP contribution < -0.4 is 5.73 Å². The number of hydrogen-bond acceptors (Lipinski definition) is 4. The molecule has 0 aliphatic rings. The Hall–Kier alpha value is -0.160. The molecule has 0 fully saturated rings. The number of hydrogen-bond donors (Lipinski definition) is 1. The molecule has 14 heavy (non-hydrogen) atoms. The molecule has 2 N–H and O–H groups in total. The minimum absolute atomic E-state index is 0.141. The van der Waals surface area contributed by atoms with Crippen LogP contribution in [0, 0.1) is 0 Å². The van der Waals surface area contributed by atoms with Gasteiger partial charge < -0.3 is 19.9 Å². The molecule has 0 aliphatic carbocycles. The monoisotopic (exact) mass is 205 g/mol. The second-order valence-corrected chi connectivity index (χ2v) is 3.32. The minimum atomic E-state index is 0.141. The van der Waals surface area contributed by atoms with E-state index in [1.165, 1.54) is 0 Å². The van der Waals surface area contributed by atoms with Crippen molar-refractivity contribution in [2.75, 3.05) is 40.6 Å². The molecule has 4 heteroatoms. The second kappa shape index (κ2) is 10.9. The van der Waals surface area contributed by atoms with Gasteiger partial charge in [-0.15, -0.1) is 0 Å². The lowest BCUT2D eigenvalue weighted by molar-refractivity contribution is 0.0969. The lowest BCUT2D eigenvalue weighted by atomic mass is 10.2. The van der Waals surface area contributed by atoms with Crippen molar-refractivity contribution in [3.05, 3.63) is 0 Å². The Bertz CT molecular complexity index is 112. The van der Waals surface area contributed by atoms with E-state index in [2.05, 4.69) is 0 Å². The lowest BCUT2D eigenvalue weighted by Crippen LogP contribution is -2.25. The van der Waals surface area contributed by atoms with E-state index in [1.54, 1.807) is 14.2 Å². The van der Waals surface area contributed by atoms with Gasteiger partial charge in [0.25, 0.3) is 0 Å². The van der Waals surface area contributed by atoms with Crippen LogP contribution in [-0.2, 0) is 14.2 Å². The highest BCUT2D eigenvalue weighted by Crippen LogP contribution is 1.96. The Morgan fingerprint density at radius 3 is 2.36 bits per heavy atom. The van der Waals surface area contributed by atoms with Gasteiger partial charge in [0.1, 0.15) is 0 Å². The number of nitrogens with two attached hydrogens (primary N) is 1. The molecule has 0 bridgehead atoms. The summed E-state index contributed by atoms with van der Waals surface area (Å²) in [4.78, 5) is 0. The first-order chi connectivity index (χ1) is 6.81. The predicted octanol–water partition coefficient (Wildman–Crippen LogP) is 0.793. The zero-order valence-electron chi connectivity index (χ0n) is 9.33. The quantitative estimate of drug-likeness (QED) is 0.536. The van der Waals surface area contributed by atoms with E-state index in [0.29, 0.717) is 6.61 Å². The molecular weight excluding hydrogens is 182 g/mol. The van der Waals surface area contributed by atoms with Crippen molar-refractivity contribution >= 4 is 0 Å². The Morgan fingerprint density at radius 2 is 1.71 bits per heavy atom. The molecule has 1 unspecified atom stereocenters. The normalized spacial score (nSPS) is 13.1. The van der Waals surface area contributed by atoms with E-state index in [4.69, 9.17) is 19.9 Å². The first kappa shape index (κ1) is 13.8. The summed E-state index contributed by atoms with van der Waals surface area (Å²) in [5, 5.41) is 0. The van der Waals surface area contributed by atoms with Crippen molar-refractivity contribution in [1.29, 1.82) is 0 Å². The van der Waals surface area contributed by atoms with Crippen molar-refractivity contribution < 1.29 is 14.2 Å². The molecule has 0 aromatic rings. The van der Waals surface area contributed by atoms with Gasteiger partial charge in [0.2, 0.25) is 0 Å². The van der Waals surface area contributed by atoms with Gasteiger partial charge in [0, 0.05) is 40.1 Å². The Balaban J connectivity index is 2.98. The molecule has 86 valence electrons. The lowest BCUT2D eigenvalue weighted by Gasteiger charge is -2.09. The van der Waals surface area contributed by atoms with Crippen LogP contribution in [0.2, 0.25) is 0 Å². The molecule has 4 nitrogen and oxygen atoms in total. The topological polar surface area (TPSA) is 53.7 Å². The smallest absolute Gasteiger partial charge is 0.0613 e. The summed E-state index contributed by atoms with van der Waals surface area (Å²) < 4.78 is 15.2. The molecule has 0 heterocycles. The van der Waals surface area contributed by atoms with Crippen LogP contribution in [-0.4, -0.2) is 46.7 Å².